The molecule has 0 aliphatic heterocycles. The van der Waals surface area contributed by atoms with Gasteiger partial charge in [0.05, 0.1) is 0 Å². The van der Waals surface area contributed by atoms with Crippen molar-refractivity contribution in [3.05, 3.63) is 23.4 Å². The zero-order chi connectivity index (χ0) is 15.7. The van der Waals surface area contributed by atoms with Crippen LogP contribution in [0.5, 0.6) is 0 Å². The lowest BCUT2D eigenvalue weighted by atomic mass is 9.89. The van der Waals surface area contributed by atoms with Crippen LogP contribution in [0.4, 0.5) is 5.82 Å². The van der Waals surface area contributed by atoms with Crippen LogP contribution in [-0.2, 0) is 5.41 Å². The molecule has 2 fully saturated rings. The molecule has 4 nitrogen and oxygen atoms in total. The summed E-state index contributed by atoms with van der Waals surface area (Å²) < 4.78 is 0. The Balaban J connectivity index is 1.82. The molecule has 120 valence electrons. The molecule has 2 saturated carbocycles. The highest BCUT2D eigenvalue weighted by Crippen LogP contribution is 2.27. The lowest BCUT2D eigenvalue weighted by Crippen LogP contribution is -2.39. The Morgan fingerprint density at radius 1 is 1.09 bits per heavy atom. The summed E-state index contributed by atoms with van der Waals surface area (Å²) >= 11 is 0. The first-order valence-corrected chi connectivity index (χ1v) is 8.52. The molecule has 0 spiro atoms. The van der Waals surface area contributed by atoms with E-state index in [9.17, 15) is 4.79 Å². The van der Waals surface area contributed by atoms with Gasteiger partial charge in [-0.3, -0.25) is 4.79 Å². The lowest BCUT2D eigenvalue weighted by Gasteiger charge is -2.29. The molecule has 1 aromatic heterocycles. The Kier molecular flexibility index (Phi) is 4.11. The number of anilines is 1. The van der Waals surface area contributed by atoms with Crippen molar-refractivity contribution in [1.82, 2.24) is 10.3 Å². The van der Waals surface area contributed by atoms with Gasteiger partial charge in [0.1, 0.15) is 5.82 Å². The quantitative estimate of drug-likeness (QED) is 0.893. The molecule has 4 heteroatoms. The number of nitrogens with zero attached hydrogens (tertiary/aromatic N) is 1. The maximum Gasteiger partial charge on any atom is 0.251 e. The largest absolute Gasteiger partial charge is 0.367 e. The highest BCUT2D eigenvalue weighted by atomic mass is 16.1. The smallest absolute Gasteiger partial charge is 0.251 e. The molecule has 1 aromatic rings. The highest BCUT2D eigenvalue weighted by molar-refractivity contribution is 5.95. The second kappa shape index (κ2) is 5.90. The summed E-state index contributed by atoms with van der Waals surface area (Å²) in [4.78, 5) is 17.2. The van der Waals surface area contributed by atoms with Gasteiger partial charge in [-0.1, -0.05) is 20.8 Å². The normalized spacial score (nSPS) is 19.2. The summed E-state index contributed by atoms with van der Waals surface area (Å²) in [5, 5.41) is 6.60. The molecule has 22 heavy (non-hydrogen) atoms. The van der Waals surface area contributed by atoms with Gasteiger partial charge >= 0.3 is 0 Å². The number of aromatic nitrogens is 1. The predicted molar refractivity (Wildman–Crippen MR) is 89.3 cm³/mol. The highest BCUT2D eigenvalue weighted by Gasteiger charge is 2.24. The molecular formula is C18H27N3O. The summed E-state index contributed by atoms with van der Waals surface area (Å²) in [6, 6.07) is 4.73. The maximum absolute atomic E-state index is 12.5. The monoisotopic (exact) mass is 301 g/mol. The minimum absolute atomic E-state index is 0.0364. The Labute approximate surface area is 133 Å². The number of hydrogen-bond donors (Lipinski definition) is 2. The van der Waals surface area contributed by atoms with Gasteiger partial charge in [-0.15, -0.1) is 0 Å². The van der Waals surface area contributed by atoms with Crippen molar-refractivity contribution in [3.8, 4) is 0 Å². The van der Waals surface area contributed by atoms with E-state index >= 15 is 0 Å². The van der Waals surface area contributed by atoms with Gasteiger partial charge in [0.25, 0.3) is 5.91 Å². The summed E-state index contributed by atoms with van der Waals surface area (Å²) in [6.07, 6.45) is 7.12. The number of pyridine rings is 1. The van der Waals surface area contributed by atoms with Crippen LogP contribution >= 0.6 is 0 Å². The van der Waals surface area contributed by atoms with Crippen molar-refractivity contribution < 1.29 is 4.79 Å². The number of nitrogens with one attached hydrogen (secondary N) is 2. The van der Waals surface area contributed by atoms with E-state index in [1.54, 1.807) is 0 Å². The minimum atomic E-state index is -0.0667. The molecule has 1 amide bonds. The molecule has 0 saturated heterocycles. The predicted octanol–water partition coefficient (Wildman–Crippen LogP) is 3.63. The number of rotatable bonds is 4. The third kappa shape index (κ3) is 3.42. The second-order valence-electron chi connectivity index (χ2n) is 7.75. The Bertz CT molecular complexity index is 554. The van der Waals surface area contributed by atoms with E-state index in [1.807, 2.05) is 12.1 Å². The Morgan fingerprint density at radius 2 is 1.73 bits per heavy atom. The molecule has 1 heterocycles. The van der Waals surface area contributed by atoms with Crippen molar-refractivity contribution in [1.29, 1.82) is 0 Å². The van der Waals surface area contributed by atoms with E-state index in [1.165, 1.54) is 25.7 Å². The number of carbonyl (C=O) groups excluding carboxylic acids is 1. The first kappa shape index (κ1) is 15.3. The average Bonchev–Trinajstić information content (AvgIpc) is 2.36. The second-order valence-corrected chi connectivity index (χ2v) is 7.75. The van der Waals surface area contributed by atoms with Crippen LogP contribution in [0.1, 0.15) is 75.3 Å². The molecule has 0 unspecified atom stereocenters. The van der Waals surface area contributed by atoms with Gasteiger partial charge in [0, 0.05) is 28.8 Å². The topological polar surface area (TPSA) is 54.0 Å². The standard InChI is InChI=1S/C18H27N3O/c1-18(2,3)15-10-12(17(22)20-14-8-5-9-14)11-16(21-15)19-13-6-4-7-13/h10-11,13-14H,4-9H2,1-3H3,(H,19,21)(H,20,22). The van der Waals surface area contributed by atoms with Gasteiger partial charge in [0.2, 0.25) is 0 Å². The fourth-order valence-corrected chi connectivity index (χ4v) is 2.70. The fraction of sp³-hybridized carbons (Fsp3) is 0.667. The van der Waals surface area contributed by atoms with E-state index in [0.717, 1.165) is 29.9 Å². The van der Waals surface area contributed by atoms with E-state index in [-0.39, 0.29) is 11.3 Å². The van der Waals surface area contributed by atoms with Crippen molar-refractivity contribution in [3.63, 3.8) is 0 Å². The van der Waals surface area contributed by atoms with E-state index in [4.69, 9.17) is 4.98 Å². The number of hydrogen-bond acceptors (Lipinski definition) is 3. The van der Waals surface area contributed by atoms with Gasteiger partial charge in [-0.2, -0.15) is 0 Å². The zero-order valence-electron chi connectivity index (χ0n) is 13.9. The SMILES string of the molecule is CC(C)(C)c1cc(C(=O)NC2CCC2)cc(NC2CCC2)n1. The molecule has 0 atom stereocenters. The summed E-state index contributed by atoms with van der Waals surface area (Å²) in [5.41, 5.74) is 1.63. The van der Waals surface area contributed by atoms with Gasteiger partial charge in [0.15, 0.2) is 0 Å². The maximum atomic E-state index is 12.5. The van der Waals surface area contributed by atoms with Crippen LogP contribution in [0.25, 0.3) is 0 Å². The van der Waals surface area contributed by atoms with Crippen molar-refractivity contribution >= 4 is 11.7 Å². The van der Waals surface area contributed by atoms with Crippen LogP contribution in [-0.4, -0.2) is 23.0 Å². The number of carbonyl (C=O) groups is 1. The minimum Gasteiger partial charge on any atom is -0.367 e. The van der Waals surface area contributed by atoms with Gasteiger partial charge in [-0.05, 0) is 50.7 Å². The van der Waals surface area contributed by atoms with Crippen LogP contribution in [0.15, 0.2) is 12.1 Å². The van der Waals surface area contributed by atoms with Gasteiger partial charge in [-0.25, -0.2) is 4.98 Å². The fourth-order valence-electron chi connectivity index (χ4n) is 2.70. The van der Waals surface area contributed by atoms with Gasteiger partial charge < -0.3 is 10.6 Å². The third-order valence-corrected chi connectivity index (χ3v) is 4.75. The molecule has 2 N–H and O–H groups in total. The first-order chi connectivity index (χ1) is 10.4. The molecule has 2 aliphatic carbocycles. The summed E-state index contributed by atoms with van der Waals surface area (Å²) in [5.74, 6) is 0.880. The van der Waals surface area contributed by atoms with E-state index < -0.39 is 0 Å². The molecule has 0 bridgehead atoms. The number of amides is 1. The Morgan fingerprint density at radius 3 is 2.23 bits per heavy atom. The summed E-state index contributed by atoms with van der Waals surface area (Å²) in [7, 11) is 0. The third-order valence-electron chi connectivity index (χ3n) is 4.75. The van der Waals surface area contributed by atoms with Crippen LogP contribution in [0.3, 0.4) is 0 Å². The Hall–Kier alpha value is -1.58. The molecule has 0 radical (unpaired) electrons. The molecule has 0 aromatic carbocycles. The summed E-state index contributed by atoms with van der Waals surface area (Å²) in [6.45, 7) is 6.40. The van der Waals surface area contributed by atoms with Crippen LogP contribution in [0, 0.1) is 0 Å². The zero-order valence-corrected chi connectivity index (χ0v) is 13.9. The molecule has 3 rings (SSSR count). The van der Waals surface area contributed by atoms with Crippen LogP contribution < -0.4 is 10.6 Å². The van der Waals surface area contributed by atoms with Crippen molar-refractivity contribution in [2.45, 2.75) is 76.8 Å². The van der Waals surface area contributed by atoms with Crippen molar-refractivity contribution in [2.75, 3.05) is 5.32 Å². The van der Waals surface area contributed by atoms with E-state index in [0.29, 0.717) is 12.1 Å². The molecule has 2 aliphatic rings. The first-order valence-electron chi connectivity index (χ1n) is 8.52. The molecular weight excluding hydrogens is 274 g/mol. The lowest BCUT2D eigenvalue weighted by molar-refractivity contribution is 0.0916. The van der Waals surface area contributed by atoms with E-state index in [2.05, 4.69) is 31.4 Å². The van der Waals surface area contributed by atoms with Crippen molar-refractivity contribution in [2.24, 2.45) is 0 Å². The average molecular weight is 301 g/mol. The van der Waals surface area contributed by atoms with Crippen LogP contribution in [0.2, 0.25) is 0 Å².